The molecule has 0 saturated carbocycles. The molecule has 1 aromatic heterocycles. The quantitative estimate of drug-likeness (QED) is 0.868. The van der Waals surface area contributed by atoms with Crippen LogP contribution in [0.5, 0.6) is 0 Å². The molecule has 0 unspecified atom stereocenters. The molecule has 2 heterocycles. The number of nitrogens with one attached hydrogen (secondary N) is 1. The van der Waals surface area contributed by atoms with Gasteiger partial charge in [0.15, 0.2) is 5.82 Å². The van der Waals surface area contributed by atoms with Gasteiger partial charge >= 0.3 is 0 Å². The Morgan fingerprint density at radius 2 is 1.92 bits per heavy atom. The van der Waals surface area contributed by atoms with Crippen molar-refractivity contribution in [2.75, 3.05) is 23.3 Å². The molecule has 1 amide bonds. The number of nitrogens with zero attached hydrogens (tertiary/aromatic N) is 2. The van der Waals surface area contributed by atoms with Crippen LogP contribution >= 0.6 is 0 Å². The zero-order chi connectivity index (χ0) is 16.9. The maximum Gasteiger partial charge on any atom is 0.248 e. The van der Waals surface area contributed by atoms with Gasteiger partial charge in [-0.15, -0.1) is 0 Å². The second kappa shape index (κ2) is 7.25. The number of amides is 1. The molecule has 124 valence electrons. The standard InChI is InChI=1S/C19H20FN3O/c1-14(15-6-8-16(20)9-7-15)13-18(24)22-17-5-4-10-21-19(17)23-11-2-3-12-23/h4-10,13H,2-3,11-12H2,1H3,(H,22,24)/b14-13-. The summed E-state index contributed by atoms with van der Waals surface area (Å²) in [6, 6.07) is 9.77. The van der Waals surface area contributed by atoms with Crippen LogP contribution in [-0.2, 0) is 4.79 Å². The highest BCUT2D eigenvalue weighted by molar-refractivity contribution is 6.05. The molecule has 0 aliphatic carbocycles. The van der Waals surface area contributed by atoms with Gasteiger partial charge in [0.05, 0.1) is 5.69 Å². The largest absolute Gasteiger partial charge is 0.355 e. The van der Waals surface area contributed by atoms with Crippen LogP contribution in [0, 0.1) is 5.82 Å². The molecule has 1 aromatic carbocycles. The van der Waals surface area contributed by atoms with E-state index in [-0.39, 0.29) is 11.7 Å². The predicted molar refractivity (Wildman–Crippen MR) is 94.4 cm³/mol. The van der Waals surface area contributed by atoms with Crippen molar-refractivity contribution in [1.29, 1.82) is 0 Å². The van der Waals surface area contributed by atoms with Crippen LogP contribution in [-0.4, -0.2) is 24.0 Å². The van der Waals surface area contributed by atoms with Gasteiger partial charge < -0.3 is 10.2 Å². The zero-order valence-electron chi connectivity index (χ0n) is 13.6. The fourth-order valence-electron chi connectivity index (χ4n) is 2.84. The number of aromatic nitrogens is 1. The van der Waals surface area contributed by atoms with E-state index in [9.17, 15) is 9.18 Å². The molecular formula is C19H20FN3O. The average Bonchev–Trinajstić information content (AvgIpc) is 3.10. The van der Waals surface area contributed by atoms with Gasteiger partial charge in [-0.25, -0.2) is 9.37 Å². The number of pyridine rings is 1. The van der Waals surface area contributed by atoms with Crippen molar-refractivity contribution in [3.8, 4) is 0 Å². The van der Waals surface area contributed by atoms with Crippen molar-refractivity contribution in [2.45, 2.75) is 19.8 Å². The molecule has 0 spiro atoms. The second-order valence-corrected chi connectivity index (χ2v) is 5.89. The summed E-state index contributed by atoms with van der Waals surface area (Å²) in [5, 5.41) is 2.91. The number of anilines is 2. The molecule has 2 aromatic rings. The third kappa shape index (κ3) is 3.79. The van der Waals surface area contributed by atoms with E-state index in [0.29, 0.717) is 5.69 Å². The number of halogens is 1. The summed E-state index contributed by atoms with van der Waals surface area (Å²) in [6.45, 7) is 3.76. The van der Waals surface area contributed by atoms with Crippen LogP contribution in [0.2, 0.25) is 0 Å². The number of rotatable bonds is 4. The van der Waals surface area contributed by atoms with E-state index in [2.05, 4.69) is 15.2 Å². The summed E-state index contributed by atoms with van der Waals surface area (Å²) in [5.41, 5.74) is 2.31. The van der Waals surface area contributed by atoms with Crippen molar-refractivity contribution >= 4 is 23.0 Å². The number of hydrogen-bond donors (Lipinski definition) is 1. The minimum atomic E-state index is -0.290. The van der Waals surface area contributed by atoms with E-state index < -0.39 is 0 Å². The highest BCUT2D eigenvalue weighted by atomic mass is 19.1. The summed E-state index contributed by atoms with van der Waals surface area (Å²) in [7, 11) is 0. The molecular weight excluding hydrogens is 305 g/mol. The molecule has 24 heavy (non-hydrogen) atoms. The van der Waals surface area contributed by atoms with Crippen LogP contribution in [0.4, 0.5) is 15.9 Å². The smallest absolute Gasteiger partial charge is 0.248 e. The Morgan fingerprint density at radius 3 is 2.62 bits per heavy atom. The van der Waals surface area contributed by atoms with Gasteiger partial charge in [0, 0.05) is 25.4 Å². The van der Waals surface area contributed by atoms with E-state index in [1.165, 1.54) is 18.2 Å². The minimum Gasteiger partial charge on any atom is -0.355 e. The monoisotopic (exact) mass is 325 g/mol. The summed E-state index contributed by atoms with van der Waals surface area (Å²) in [4.78, 5) is 18.9. The summed E-state index contributed by atoms with van der Waals surface area (Å²) >= 11 is 0. The summed E-state index contributed by atoms with van der Waals surface area (Å²) < 4.78 is 13.0. The fraction of sp³-hybridized carbons (Fsp3) is 0.263. The first-order chi connectivity index (χ1) is 11.6. The summed E-state index contributed by atoms with van der Waals surface area (Å²) in [6.07, 6.45) is 5.55. The first-order valence-electron chi connectivity index (χ1n) is 8.09. The van der Waals surface area contributed by atoms with Gasteiger partial charge in [0.25, 0.3) is 0 Å². The Kier molecular flexibility index (Phi) is 4.89. The molecule has 0 bridgehead atoms. The van der Waals surface area contributed by atoms with E-state index in [0.717, 1.165) is 42.9 Å². The molecule has 1 N–H and O–H groups in total. The van der Waals surface area contributed by atoms with Crippen LogP contribution in [0.15, 0.2) is 48.7 Å². The van der Waals surface area contributed by atoms with Crippen molar-refractivity contribution in [3.05, 3.63) is 60.1 Å². The zero-order valence-corrected chi connectivity index (χ0v) is 13.6. The number of allylic oxidation sites excluding steroid dienone is 1. The fourth-order valence-corrected chi connectivity index (χ4v) is 2.84. The van der Waals surface area contributed by atoms with Gasteiger partial charge in [-0.2, -0.15) is 0 Å². The molecule has 1 fully saturated rings. The van der Waals surface area contributed by atoms with E-state index in [4.69, 9.17) is 0 Å². The lowest BCUT2D eigenvalue weighted by atomic mass is 10.1. The number of benzene rings is 1. The van der Waals surface area contributed by atoms with Crippen LogP contribution in [0.25, 0.3) is 5.57 Å². The van der Waals surface area contributed by atoms with Crippen molar-refractivity contribution in [3.63, 3.8) is 0 Å². The molecule has 0 atom stereocenters. The van der Waals surface area contributed by atoms with Gasteiger partial charge in [0.2, 0.25) is 5.91 Å². The van der Waals surface area contributed by atoms with Gasteiger partial charge in [-0.3, -0.25) is 4.79 Å². The molecule has 4 nitrogen and oxygen atoms in total. The lowest BCUT2D eigenvalue weighted by Crippen LogP contribution is -2.21. The Labute approximate surface area is 141 Å². The number of carbonyl (C=O) groups excluding carboxylic acids is 1. The van der Waals surface area contributed by atoms with Crippen LogP contribution < -0.4 is 10.2 Å². The minimum absolute atomic E-state index is 0.217. The van der Waals surface area contributed by atoms with Gasteiger partial charge in [-0.05, 0) is 55.2 Å². The number of carbonyl (C=O) groups is 1. The van der Waals surface area contributed by atoms with Crippen LogP contribution in [0.3, 0.4) is 0 Å². The lowest BCUT2D eigenvalue weighted by molar-refractivity contribution is -0.111. The second-order valence-electron chi connectivity index (χ2n) is 5.89. The Morgan fingerprint density at radius 1 is 1.21 bits per heavy atom. The first kappa shape index (κ1) is 16.2. The first-order valence-corrected chi connectivity index (χ1v) is 8.09. The SMILES string of the molecule is C/C(=C/C(=O)Nc1cccnc1N1CCCC1)c1ccc(F)cc1. The van der Waals surface area contributed by atoms with E-state index >= 15 is 0 Å². The van der Waals surface area contributed by atoms with Crippen molar-refractivity contribution in [1.82, 2.24) is 4.98 Å². The predicted octanol–water partition coefficient (Wildman–Crippen LogP) is 3.86. The molecule has 3 rings (SSSR count). The average molecular weight is 325 g/mol. The van der Waals surface area contributed by atoms with Gasteiger partial charge in [0.1, 0.15) is 5.82 Å². The maximum absolute atomic E-state index is 13.0. The van der Waals surface area contributed by atoms with Crippen molar-refractivity contribution < 1.29 is 9.18 Å². The highest BCUT2D eigenvalue weighted by Gasteiger charge is 2.17. The van der Waals surface area contributed by atoms with Crippen LogP contribution in [0.1, 0.15) is 25.3 Å². The molecule has 5 heteroatoms. The Balaban J connectivity index is 1.75. The summed E-state index contributed by atoms with van der Waals surface area (Å²) in [5.74, 6) is 0.308. The number of hydrogen-bond acceptors (Lipinski definition) is 3. The van der Waals surface area contributed by atoms with E-state index in [1.807, 2.05) is 19.1 Å². The molecule has 1 saturated heterocycles. The Hall–Kier alpha value is -2.69. The normalized spacial score (nSPS) is 14.8. The topological polar surface area (TPSA) is 45.2 Å². The third-order valence-corrected chi connectivity index (χ3v) is 4.10. The van der Waals surface area contributed by atoms with Gasteiger partial charge in [-0.1, -0.05) is 12.1 Å². The van der Waals surface area contributed by atoms with Crippen molar-refractivity contribution in [2.24, 2.45) is 0 Å². The lowest BCUT2D eigenvalue weighted by Gasteiger charge is -2.19. The van der Waals surface area contributed by atoms with E-state index in [1.54, 1.807) is 18.3 Å². The molecule has 0 radical (unpaired) electrons. The molecule has 1 aliphatic heterocycles. The highest BCUT2D eigenvalue weighted by Crippen LogP contribution is 2.26. The maximum atomic E-state index is 13.0. The third-order valence-electron chi connectivity index (χ3n) is 4.10. The molecule has 1 aliphatic rings. The Bertz CT molecular complexity index is 749.